The largest absolute Gasteiger partial charge is 0.347 e. The molecule has 1 unspecified atom stereocenters. The highest BCUT2D eigenvalue weighted by Gasteiger charge is 2.28. The van der Waals surface area contributed by atoms with Crippen molar-refractivity contribution in [3.63, 3.8) is 0 Å². The van der Waals surface area contributed by atoms with Crippen LogP contribution in [-0.4, -0.2) is 4.57 Å². The van der Waals surface area contributed by atoms with Gasteiger partial charge in [-0.2, -0.15) is 0 Å². The van der Waals surface area contributed by atoms with E-state index < -0.39 is 0 Å². The lowest BCUT2D eigenvalue weighted by atomic mass is 9.81. The summed E-state index contributed by atoms with van der Waals surface area (Å²) < 4.78 is 2.45. The van der Waals surface area contributed by atoms with E-state index in [0.717, 1.165) is 0 Å². The molecule has 19 heavy (non-hydrogen) atoms. The maximum absolute atomic E-state index is 2.53. The van der Waals surface area contributed by atoms with Crippen LogP contribution in [0.3, 0.4) is 0 Å². The van der Waals surface area contributed by atoms with Crippen molar-refractivity contribution in [2.24, 2.45) is 7.05 Å². The van der Waals surface area contributed by atoms with E-state index in [1.165, 1.54) is 49.4 Å². The molecule has 2 aromatic rings. The highest BCUT2D eigenvalue weighted by Crippen LogP contribution is 2.44. The van der Waals surface area contributed by atoms with Crippen LogP contribution in [0, 0.1) is 0 Å². The van der Waals surface area contributed by atoms with Gasteiger partial charge >= 0.3 is 0 Å². The molecular formula is C18H21N. The van der Waals surface area contributed by atoms with Gasteiger partial charge in [0.15, 0.2) is 0 Å². The second kappa shape index (κ2) is 4.26. The summed E-state index contributed by atoms with van der Waals surface area (Å²) in [6, 6.07) is 8.96. The Kier molecular flexibility index (Phi) is 2.54. The molecule has 0 radical (unpaired) electrons. The van der Waals surface area contributed by atoms with E-state index >= 15 is 0 Å². The minimum atomic E-state index is 0.706. The first-order valence-corrected chi connectivity index (χ1v) is 7.61. The summed E-state index contributed by atoms with van der Waals surface area (Å²) in [4.78, 5) is 0. The molecule has 1 aromatic carbocycles. The third-order valence-corrected chi connectivity index (χ3v) is 5.05. The first-order chi connectivity index (χ1) is 9.36. The molecule has 2 aliphatic carbocycles. The van der Waals surface area contributed by atoms with E-state index in [-0.39, 0.29) is 0 Å². The van der Waals surface area contributed by atoms with E-state index in [1.54, 1.807) is 16.8 Å². The quantitative estimate of drug-likeness (QED) is 0.598. The van der Waals surface area contributed by atoms with Gasteiger partial charge < -0.3 is 4.57 Å². The van der Waals surface area contributed by atoms with Gasteiger partial charge in [-0.25, -0.2) is 0 Å². The summed E-state index contributed by atoms with van der Waals surface area (Å²) in [5.41, 5.74) is 6.39. The number of nitrogens with zero attached hydrogens (tertiary/aromatic N) is 1. The molecule has 0 spiro atoms. The van der Waals surface area contributed by atoms with Crippen LogP contribution in [0.2, 0.25) is 0 Å². The molecule has 0 saturated heterocycles. The number of aromatic nitrogens is 1. The van der Waals surface area contributed by atoms with Crippen LogP contribution >= 0.6 is 0 Å². The van der Waals surface area contributed by atoms with Gasteiger partial charge in [-0.3, -0.25) is 0 Å². The second-order valence-corrected chi connectivity index (χ2v) is 6.05. The summed E-state index contributed by atoms with van der Waals surface area (Å²) in [6.07, 6.45) is 10.4. The Morgan fingerprint density at radius 2 is 2.00 bits per heavy atom. The molecule has 0 amide bonds. The maximum Gasteiger partial charge on any atom is 0.0483 e. The number of aryl methyl sites for hydroxylation is 1. The van der Waals surface area contributed by atoms with E-state index in [0.29, 0.717) is 5.92 Å². The molecule has 1 aromatic heterocycles. The SMILES string of the molecule is Cn1c2c(c3ccccc31)C1CCCC=C1CCC2. The van der Waals surface area contributed by atoms with Gasteiger partial charge in [0.1, 0.15) is 0 Å². The highest BCUT2D eigenvalue weighted by atomic mass is 15.0. The van der Waals surface area contributed by atoms with Gasteiger partial charge in [0.05, 0.1) is 0 Å². The van der Waals surface area contributed by atoms with Gasteiger partial charge in [0, 0.05) is 29.6 Å². The summed E-state index contributed by atoms with van der Waals surface area (Å²) >= 11 is 0. The molecule has 0 bridgehead atoms. The summed E-state index contributed by atoms with van der Waals surface area (Å²) in [6.45, 7) is 0. The van der Waals surface area contributed by atoms with Crippen LogP contribution < -0.4 is 0 Å². The monoisotopic (exact) mass is 251 g/mol. The van der Waals surface area contributed by atoms with Crippen molar-refractivity contribution in [1.82, 2.24) is 4.57 Å². The normalized spacial score (nSPS) is 22.6. The Morgan fingerprint density at radius 1 is 1.11 bits per heavy atom. The fourth-order valence-electron chi connectivity index (χ4n) is 4.17. The smallest absolute Gasteiger partial charge is 0.0483 e. The average molecular weight is 251 g/mol. The van der Waals surface area contributed by atoms with Crippen LogP contribution in [0.1, 0.15) is 49.3 Å². The number of allylic oxidation sites excluding steroid dienone is 2. The lowest BCUT2D eigenvalue weighted by molar-refractivity contribution is 0.607. The van der Waals surface area contributed by atoms with Crippen molar-refractivity contribution in [2.45, 2.75) is 44.4 Å². The Labute approximate surface area is 114 Å². The molecule has 1 nitrogen and oxygen atoms in total. The summed E-state index contributed by atoms with van der Waals surface area (Å²) in [5.74, 6) is 0.706. The van der Waals surface area contributed by atoms with Gasteiger partial charge in [-0.05, 0) is 50.2 Å². The maximum atomic E-state index is 2.53. The van der Waals surface area contributed by atoms with E-state index in [4.69, 9.17) is 0 Å². The number of rotatable bonds is 0. The predicted octanol–water partition coefficient (Wildman–Crippen LogP) is 4.71. The van der Waals surface area contributed by atoms with Crippen molar-refractivity contribution >= 4 is 10.9 Å². The van der Waals surface area contributed by atoms with E-state index in [9.17, 15) is 0 Å². The average Bonchev–Trinajstić information content (AvgIpc) is 2.62. The summed E-state index contributed by atoms with van der Waals surface area (Å²) in [7, 11) is 2.25. The molecule has 4 rings (SSSR count). The molecule has 0 aliphatic heterocycles. The molecule has 1 heteroatoms. The second-order valence-electron chi connectivity index (χ2n) is 6.05. The van der Waals surface area contributed by atoms with Crippen LogP contribution in [0.15, 0.2) is 35.9 Å². The molecule has 2 aliphatic rings. The first kappa shape index (κ1) is 11.3. The fraction of sp³-hybridized carbons (Fsp3) is 0.444. The number of para-hydroxylation sites is 1. The lowest BCUT2D eigenvalue weighted by Crippen LogP contribution is -2.06. The third kappa shape index (κ3) is 1.60. The topological polar surface area (TPSA) is 4.93 Å². The van der Waals surface area contributed by atoms with Crippen LogP contribution in [0.25, 0.3) is 10.9 Å². The zero-order valence-corrected chi connectivity index (χ0v) is 11.7. The van der Waals surface area contributed by atoms with Crippen LogP contribution in [0.4, 0.5) is 0 Å². The molecule has 0 saturated carbocycles. The van der Waals surface area contributed by atoms with Crippen molar-refractivity contribution < 1.29 is 0 Å². The minimum Gasteiger partial charge on any atom is -0.347 e. The van der Waals surface area contributed by atoms with E-state index in [1.807, 2.05) is 0 Å². The summed E-state index contributed by atoms with van der Waals surface area (Å²) in [5, 5.41) is 1.50. The highest BCUT2D eigenvalue weighted by molar-refractivity contribution is 5.86. The lowest BCUT2D eigenvalue weighted by Gasteiger charge is -2.23. The zero-order valence-electron chi connectivity index (χ0n) is 11.7. The standard InChI is InChI=1S/C18H21N/c1-19-16-11-5-4-10-15(16)18-14-9-3-2-7-13(14)8-6-12-17(18)19/h4-5,7,10-11,14H,2-3,6,8-9,12H2,1H3. The molecular weight excluding hydrogens is 230 g/mol. The predicted molar refractivity (Wildman–Crippen MR) is 80.5 cm³/mol. The molecule has 0 fully saturated rings. The van der Waals surface area contributed by atoms with Gasteiger partial charge in [0.2, 0.25) is 0 Å². The first-order valence-electron chi connectivity index (χ1n) is 7.61. The Morgan fingerprint density at radius 3 is 2.95 bits per heavy atom. The molecule has 0 N–H and O–H groups in total. The number of hydrogen-bond donors (Lipinski definition) is 0. The minimum absolute atomic E-state index is 0.706. The van der Waals surface area contributed by atoms with Crippen molar-refractivity contribution in [1.29, 1.82) is 0 Å². The third-order valence-electron chi connectivity index (χ3n) is 5.05. The Hall–Kier alpha value is -1.50. The Bertz CT molecular complexity index is 660. The zero-order chi connectivity index (χ0) is 12.8. The van der Waals surface area contributed by atoms with Crippen molar-refractivity contribution in [3.8, 4) is 0 Å². The fourth-order valence-corrected chi connectivity index (χ4v) is 4.17. The molecule has 1 atom stereocenters. The molecule has 98 valence electrons. The van der Waals surface area contributed by atoms with Crippen LogP contribution in [-0.2, 0) is 13.5 Å². The van der Waals surface area contributed by atoms with Gasteiger partial charge in [0.25, 0.3) is 0 Å². The van der Waals surface area contributed by atoms with Gasteiger partial charge in [-0.1, -0.05) is 29.8 Å². The number of hydrogen-bond acceptors (Lipinski definition) is 0. The van der Waals surface area contributed by atoms with Crippen LogP contribution in [0.5, 0.6) is 0 Å². The van der Waals surface area contributed by atoms with Gasteiger partial charge in [-0.15, -0.1) is 0 Å². The van der Waals surface area contributed by atoms with Crippen molar-refractivity contribution in [3.05, 3.63) is 47.2 Å². The number of benzene rings is 1. The molecule has 1 heterocycles. The number of fused-ring (bicyclic) bond motifs is 5. The Balaban J connectivity index is 2.03. The van der Waals surface area contributed by atoms with Crippen molar-refractivity contribution in [2.75, 3.05) is 0 Å². The van der Waals surface area contributed by atoms with E-state index in [2.05, 4.69) is 42.0 Å².